The molecule has 2 rings (SSSR count). The SMILES string of the molecule is CC=Cc1c(-c2ccccc2)ccc(C)c1C. The summed E-state index contributed by atoms with van der Waals surface area (Å²) >= 11 is 0. The molecule has 2 aromatic rings. The van der Waals surface area contributed by atoms with Gasteiger partial charge in [0.15, 0.2) is 0 Å². The lowest BCUT2D eigenvalue weighted by Gasteiger charge is -2.12. The van der Waals surface area contributed by atoms with Crippen LogP contribution in [0, 0.1) is 13.8 Å². The Balaban J connectivity index is 2.66. The Bertz CT molecular complexity index is 533. The Labute approximate surface area is 104 Å². The minimum atomic E-state index is 1.28. The van der Waals surface area contributed by atoms with E-state index in [1.54, 1.807) is 0 Å². The van der Waals surface area contributed by atoms with Crippen molar-refractivity contribution < 1.29 is 0 Å². The lowest BCUT2D eigenvalue weighted by Crippen LogP contribution is -1.90. The summed E-state index contributed by atoms with van der Waals surface area (Å²) in [6.07, 6.45) is 4.30. The van der Waals surface area contributed by atoms with Crippen LogP contribution in [0.3, 0.4) is 0 Å². The summed E-state index contributed by atoms with van der Waals surface area (Å²) in [6, 6.07) is 15.0. The van der Waals surface area contributed by atoms with E-state index in [4.69, 9.17) is 0 Å². The highest BCUT2D eigenvalue weighted by molar-refractivity contribution is 5.77. The van der Waals surface area contributed by atoms with Crippen molar-refractivity contribution in [1.82, 2.24) is 0 Å². The van der Waals surface area contributed by atoms with Crippen LogP contribution < -0.4 is 0 Å². The van der Waals surface area contributed by atoms with Crippen LogP contribution in [0.4, 0.5) is 0 Å². The van der Waals surface area contributed by atoms with Crippen molar-refractivity contribution in [1.29, 1.82) is 0 Å². The fourth-order valence-corrected chi connectivity index (χ4v) is 2.09. The Morgan fingerprint density at radius 2 is 1.59 bits per heavy atom. The average molecular weight is 222 g/mol. The van der Waals surface area contributed by atoms with Gasteiger partial charge < -0.3 is 0 Å². The van der Waals surface area contributed by atoms with Crippen molar-refractivity contribution >= 4 is 6.08 Å². The number of aryl methyl sites for hydroxylation is 1. The number of rotatable bonds is 2. The van der Waals surface area contributed by atoms with Gasteiger partial charge in [-0.3, -0.25) is 0 Å². The molecule has 17 heavy (non-hydrogen) atoms. The molecular formula is C17H18. The predicted molar refractivity (Wildman–Crippen MR) is 76.1 cm³/mol. The molecule has 0 amide bonds. The second kappa shape index (κ2) is 5.01. The van der Waals surface area contributed by atoms with E-state index in [2.05, 4.69) is 75.4 Å². The molecule has 0 fully saturated rings. The minimum absolute atomic E-state index is 1.28. The molecule has 0 saturated carbocycles. The Morgan fingerprint density at radius 3 is 2.24 bits per heavy atom. The number of hydrogen-bond donors (Lipinski definition) is 0. The van der Waals surface area contributed by atoms with Crippen LogP contribution >= 0.6 is 0 Å². The smallest absolute Gasteiger partial charge is 0.0109 e. The molecule has 0 bridgehead atoms. The summed E-state index contributed by atoms with van der Waals surface area (Å²) in [7, 11) is 0. The van der Waals surface area contributed by atoms with E-state index >= 15 is 0 Å². The van der Waals surface area contributed by atoms with Gasteiger partial charge in [0.1, 0.15) is 0 Å². The molecule has 0 nitrogen and oxygen atoms in total. The van der Waals surface area contributed by atoms with E-state index in [0.717, 1.165) is 0 Å². The first-order chi connectivity index (χ1) is 8.24. The van der Waals surface area contributed by atoms with Gasteiger partial charge in [-0.1, -0.05) is 54.6 Å². The quantitative estimate of drug-likeness (QED) is 0.670. The Kier molecular flexibility index (Phi) is 3.43. The van der Waals surface area contributed by atoms with Crippen molar-refractivity contribution in [2.24, 2.45) is 0 Å². The molecule has 0 aliphatic rings. The lowest BCUT2D eigenvalue weighted by atomic mass is 9.93. The fraction of sp³-hybridized carbons (Fsp3) is 0.176. The van der Waals surface area contributed by atoms with Crippen LogP contribution in [-0.4, -0.2) is 0 Å². The summed E-state index contributed by atoms with van der Waals surface area (Å²) in [5.41, 5.74) is 6.64. The van der Waals surface area contributed by atoms with Crippen molar-refractivity contribution in [3.05, 3.63) is 65.2 Å². The standard InChI is InChI=1S/C17H18/c1-4-8-16-14(3)13(2)11-12-17(16)15-9-6-5-7-10-15/h4-12H,1-3H3. The molecule has 0 heterocycles. The van der Waals surface area contributed by atoms with Crippen LogP contribution in [0.25, 0.3) is 17.2 Å². The Morgan fingerprint density at radius 1 is 0.882 bits per heavy atom. The van der Waals surface area contributed by atoms with Gasteiger partial charge >= 0.3 is 0 Å². The van der Waals surface area contributed by atoms with Crippen molar-refractivity contribution in [3.8, 4) is 11.1 Å². The van der Waals surface area contributed by atoms with E-state index < -0.39 is 0 Å². The molecule has 0 aliphatic carbocycles. The monoisotopic (exact) mass is 222 g/mol. The molecule has 86 valence electrons. The highest BCUT2D eigenvalue weighted by atomic mass is 14.1. The van der Waals surface area contributed by atoms with Crippen molar-refractivity contribution in [2.75, 3.05) is 0 Å². The second-order valence-electron chi connectivity index (χ2n) is 4.33. The first-order valence-corrected chi connectivity index (χ1v) is 6.02. The number of benzene rings is 2. The molecule has 0 heteroatoms. The molecule has 0 aromatic heterocycles. The third-order valence-corrected chi connectivity index (χ3v) is 3.20. The van der Waals surface area contributed by atoms with E-state index in [0.29, 0.717) is 0 Å². The maximum Gasteiger partial charge on any atom is -0.0109 e. The fourth-order valence-electron chi connectivity index (χ4n) is 2.09. The van der Waals surface area contributed by atoms with Crippen molar-refractivity contribution in [3.63, 3.8) is 0 Å². The Hall–Kier alpha value is -1.82. The predicted octanol–water partition coefficient (Wildman–Crippen LogP) is 5.00. The topological polar surface area (TPSA) is 0 Å². The molecule has 0 aliphatic heterocycles. The van der Waals surface area contributed by atoms with E-state index in [-0.39, 0.29) is 0 Å². The summed E-state index contributed by atoms with van der Waals surface area (Å²) in [5, 5.41) is 0. The summed E-state index contributed by atoms with van der Waals surface area (Å²) in [4.78, 5) is 0. The van der Waals surface area contributed by atoms with Crippen LogP contribution in [0.2, 0.25) is 0 Å². The van der Waals surface area contributed by atoms with E-state index in [1.165, 1.54) is 27.8 Å². The molecule has 0 saturated heterocycles. The van der Waals surface area contributed by atoms with Gasteiger partial charge in [-0.25, -0.2) is 0 Å². The molecule has 0 unspecified atom stereocenters. The largest absolute Gasteiger partial charge is 0.0870 e. The van der Waals surface area contributed by atoms with Gasteiger partial charge in [-0.05, 0) is 48.6 Å². The van der Waals surface area contributed by atoms with Crippen LogP contribution in [0.5, 0.6) is 0 Å². The lowest BCUT2D eigenvalue weighted by molar-refractivity contribution is 1.32. The zero-order valence-corrected chi connectivity index (χ0v) is 10.7. The van der Waals surface area contributed by atoms with Crippen LogP contribution in [-0.2, 0) is 0 Å². The van der Waals surface area contributed by atoms with Crippen LogP contribution in [0.15, 0.2) is 48.5 Å². The average Bonchev–Trinajstić information content (AvgIpc) is 2.36. The summed E-state index contributed by atoms with van der Waals surface area (Å²) < 4.78 is 0. The zero-order valence-electron chi connectivity index (χ0n) is 10.7. The number of hydrogen-bond acceptors (Lipinski definition) is 0. The van der Waals surface area contributed by atoms with Crippen molar-refractivity contribution in [2.45, 2.75) is 20.8 Å². The third-order valence-electron chi connectivity index (χ3n) is 3.20. The summed E-state index contributed by atoms with van der Waals surface area (Å²) in [5.74, 6) is 0. The molecule has 0 atom stereocenters. The number of allylic oxidation sites excluding steroid dienone is 1. The summed E-state index contributed by atoms with van der Waals surface area (Å²) in [6.45, 7) is 6.42. The minimum Gasteiger partial charge on any atom is -0.0870 e. The van der Waals surface area contributed by atoms with Gasteiger partial charge in [0, 0.05) is 0 Å². The maximum absolute atomic E-state index is 2.22. The van der Waals surface area contributed by atoms with Gasteiger partial charge in [-0.15, -0.1) is 0 Å². The molecule has 0 spiro atoms. The molecule has 0 N–H and O–H groups in total. The molecule has 2 aromatic carbocycles. The van der Waals surface area contributed by atoms with E-state index in [1.807, 2.05) is 0 Å². The highest BCUT2D eigenvalue weighted by Gasteiger charge is 2.06. The van der Waals surface area contributed by atoms with Crippen LogP contribution in [0.1, 0.15) is 23.6 Å². The first-order valence-electron chi connectivity index (χ1n) is 6.02. The van der Waals surface area contributed by atoms with Gasteiger partial charge in [0.2, 0.25) is 0 Å². The molecule has 0 radical (unpaired) electrons. The van der Waals surface area contributed by atoms with Gasteiger partial charge in [-0.2, -0.15) is 0 Å². The zero-order chi connectivity index (χ0) is 12.3. The highest BCUT2D eigenvalue weighted by Crippen LogP contribution is 2.28. The third kappa shape index (κ3) is 2.31. The van der Waals surface area contributed by atoms with Gasteiger partial charge in [0.05, 0.1) is 0 Å². The second-order valence-corrected chi connectivity index (χ2v) is 4.33. The van der Waals surface area contributed by atoms with Gasteiger partial charge in [0.25, 0.3) is 0 Å². The van der Waals surface area contributed by atoms with E-state index in [9.17, 15) is 0 Å². The molecular weight excluding hydrogens is 204 g/mol. The maximum atomic E-state index is 2.22. The normalized spacial score (nSPS) is 11.0. The first kappa shape index (κ1) is 11.7.